The molecule has 4 unspecified atom stereocenters. The van der Waals surface area contributed by atoms with Gasteiger partial charge < -0.3 is 5.73 Å². The van der Waals surface area contributed by atoms with E-state index in [1.54, 1.807) is 0 Å². The predicted molar refractivity (Wildman–Crippen MR) is 71.8 cm³/mol. The average Bonchev–Trinajstić information content (AvgIpc) is 2.93. The second-order valence-corrected chi connectivity index (χ2v) is 6.21. The Labute approximate surface area is 104 Å². The molecule has 2 aliphatic carbocycles. The fourth-order valence-corrected chi connectivity index (χ4v) is 3.95. The van der Waals surface area contributed by atoms with Crippen molar-refractivity contribution in [2.75, 3.05) is 0 Å². The van der Waals surface area contributed by atoms with Crippen molar-refractivity contribution in [2.24, 2.45) is 23.5 Å². The fraction of sp³-hybridized carbons (Fsp3) is 0.625. The number of nitrogens with two attached hydrogens (primary N) is 1. The topological polar surface area (TPSA) is 26.0 Å². The highest BCUT2D eigenvalue weighted by atomic mass is 14.7. The summed E-state index contributed by atoms with van der Waals surface area (Å²) in [6.07, 6.45) is 5.71. The Hall–Kier alpha value is -0.820. The highest BCUT2D eigenvalue weighted by molar-refractivity contribution is 5.32. The van der Waals surface area contributed by atoms with Gasteiger partial charge in [0, 0.05) is 6.04 Å². The minimum Gasteiger partial charge on any atom is -0.324 e. The Bertz CT molecular complexity index is 424. The molecular weight excluding hydrogens is 206 g/mol. The number of hydrogen-bond donors (Lipinski definition) is 1. The van der Waals surface area contributed by atoms with Gasteiger partial charge in [-0.1, -0.05) is 24.6 Å². The van der Waals surface area contributed by atoms with E-state index < -0.39 is 0 Å². The molecule has 0 radical (unpaired) electrons. The van der Waals surface area contributed by atoms with E-state index in [1.165, 1.54) is 42.4 Å². The van der Waals surface area contributed by atoms with Gasteiger partial charge in [-0.2, -0.15) is 0 Å². The first kappa shape index (κ1) is 11.3. The van der Waals surface area contributed by atoms with Gasteiger partial charge >= 0.3 is 0 Å². The monoisotopic (exact) mass is 229 g/mol. The number of benzene rings is 1. The van der Waals surface area contributed by atoms with Crippen LogP contribution < -0.4 is 5.73 Å². The van der Waals surface area contributed by atoms with Gasteiger partial charge in [0.2, 0.25) is 0 Å². The Balaban J connectivity index is 1.81. The molecule has 2 bridgehead atoms. The molecule has 2 N–H and O–H groups in total. The molecule has 2 aliphatic rings. The van der Waals surface area contributed by atoms with Crippen molar-refractivity contribution in [3.63, 3.8) is 0 Å². The molecule has 1 nitrogen and oxygen atoms in total. The van der Waals surface area contributed by atoms with Crippen molar-refractivity contribution in [3.8, 4) is 0 Å². The molecule has 1 aromatic carbocycles. The molecule has 3 rings (SSSR count). The molecule has 17 heavy (non-hydrogen) atoms. The van der Waals surface area contributed by atoms with Crippen LogP contribution in [-0.4, -0.2) is 0 Å². The van der Waals surface area contributed by atoms with Crippen LogP contribution in [0.2, 0.25) is 0 Å². The third-order valence-electron chi connectivity index (χ3n) is 5.17. The maximum Gasteiger partial charge on any atom is 0.0326 e. The van der Waals surface area contributed by atoms with Crippen LogP contribution in [-0.2, 0) is 0 Å². The Morgan fingerprint density at radius 3 is 2.53 bits per heavy atom. The minimum absolute atomic E-state index is 0.268. The number of hydrogen-bond acceptors (Lipinski definition) is 1. The highest BCUT2D eigenvalue weighted by Gasteiger charge is 2.42. The lowest BCUT2D eigenvalue weighted by Crippen LogP contribution is -2.26. The molecule has 1 aromatic rings. The Morgan fingerprint density at radius 1 is 1.12 bits per heavy atom. The van der Waals surface area contributed by atoms with Crippen molar-refractivity contribution in [3.05, 3.63) is 34.9 Å². The van der Waals surface area contributed by atoms with Crippen molar-refractivity contribution in [1.82, 2.24) is 0 Å². The summed E-state index contributed by atoms with van der Waals surface area (Å²) in [5, 5.41) is 0. The van der Waals surface area contributed by atoms with Crippen LogP contribution in [0.5, 0.6) is 0 Å². The van der Waals surface area contributed by atoms with Crippen LogP contribution >= 0.6 is 0 Å². The van der Waals surface area contributed by atoms with Crippen LogP contribution in [0.25, 0.3) is 0 Å². The summed E-state index contributed by atoms with van der Waals surface area (Å²) in [7, 11) is 0. The number of rotatable bonds is 2. The first-order valence-electron chi connectivity index (χ1n) is 6.98. The molecule has 92 valence electrons. The summed E-state index contributed by atoms with van der Waals surface area (Å²) in [4.78, 5) is 0. The van der Waals surface area contributed by atoms with Crippen LogP contribution in [0.1, 0.15) is 48.4 Å². The molecule has 1 heteroatoms. The Kier molecular flexibility index (Phi) is 2.74. The predicted octanol–water partition coefficient (Wildman–Crippen LogP) is 3.74. The van der Waals surface area contributed by atoms with E-state index in [4.69, 9.17) is 5.73 Å². The molecule has 0 aliphatic heterocycles. The zero-order valence-electron chi connectivity index (χ0n) is 10.9. The highest BCUT2D eigenvalue weighted by Crippen LogP contribution is 2.51. The lowest BCUT2D eigenvalue weighted by Gasteiger charge is -2.28. The van der Waals surface area contributed by atoms with Crippen molar-refractivity contribution in [1.29, 1.82) is 0 Å². The van der Waals surface area contributed by atoms with E-state index in [2.05, 4.69) is 32.0 Å². The lowest BCUT2D eigenvalue weighted by molar-refractivity contribution is 0.284. The second kappa shape index (κ2) is 4.13. The summed E-state index contributed by atoms with van der Waals surface area (Å²) < 4.78 is 0. The van der Waals surface area contributed by atoms with Crippen LogP contribution in [0, 0.1) is 31.6 Å². The van der Waals surface area contributed by atoms with Crippen molar-refractivity contribution < 1.29 is 0 Å². The van der Waals surface area contributed by atoms with Gasteiger partial charge in [0.05, 0.1) is 0 Å². The van der Waals surface area contributed by atoms with Gasteiger partial charge in [0.15, 0.2) is 0 Å². The van der Waals surface area contributed by atoms with Crippen molar-refractivity contribution >= 4 is 0 Å². The molecule has 0 amide bonds. The average molecular weight is 229 g/mol. The maximum atomic E-state index is 6.51. The maximum absolute atomic E-state index is 6.51. The summed E-state index contributed by atoms with van der Waals surface area (Å²) in [5.74, 6) is 2.65. The SMILES string of the molecule is Cc1ccc(C(N)C2CC3CCC2C3)cc1C. The standard InChI is InChI=1S/C16H23N/c1-10-3-5-14(7-11(10)2)16(17)15-9-12-4-6-13(15)8-12/h3,5,7,12-13,15-16H,4,6,8-9,17H2,1-2H3. The lowest BCUT2D eigenvalue weighted by atomic mass is 9.80. The minimum atomic E-state index is 0.268. The molecule has 0 heterocycles. The van der Waals surface area contributed by atoms with Crippen molar-refractivity contribution in [2.45, 2.75) is 45.6 Å². The van der Waals surface area contributed by atoms with E-state index in [9.17, 15) is 0 Å². The van der Waals surface area contributed by atoms with Crippen LogP contribution in [0.3, 0.4) is 0 Å². The zero-order chi connectivity index (χ0) is 12.0. The summed E-state index contributed by atoms with van der Waals surface area (Å²) >= 11 is 0. The molecule has 0 aromatic heterocycles. The van der Waals surface area contributed by atoms with E-state index in [-0.39, 0.29) is 6.04 Å². The second-order valence-electron chi connectivity index (χ2n) is 6.21. The largest absolute Gasteiger partial charge is 0.324 e. The van der Waals surface area contributed by atoms with Gasteiger partial charge in [-0.05, 0) is 67.6 Å². The third kappa shape index (κ3) is 1.91. The van der Waals surface area contributed by atoms with Gasteiger partial charge in [-0.25, -0.2) is 0 Å². The normalized spacial score (nSPS) is 33.0. The smallest absolute Gasteiger partial charge is 0.0326 e. The summed E-state index contributed by atoms with van der Waals surface area (Å²) in [6.45, 7) is 4.36. The van der Waals surface area contributed by atoms with Gasteiger partial charge in [0.25, 0.3) is 0 Å². The molecule has 2 fully saturated rings. The number of aryl methyl sites for hydroxylation is 2. The van der Waals surface area contributed by atoms with Crippen LogP contribution in [0.4, 0.5) is 0 Å². The Morgan fingerprint density at radius 2 is 1.94 bits per heavy atom. The quantitative estimate of drug-likeness (QED) is 0.821. The molecule has 0 spiro atoms. The molecular formula is C16H23N. The van der Waals surface area contributed by atoms with E-state index in [1.807, 2.05) is 0 Å². The van der Waals surface area contributed by atoms with Gasteiger partial charge in [0.1, 0.15) is 0 Å². The van der Waals surface area contributed by atoms with E-state index in [0.717, 1.165) is 17.8 Å². The van der Waals surface area contributed by atoms with E-state index >= 15 is 0 Å². The fourth-order valence-electron chi connectivity index (χ4n) is 3.95. The third-order valence-corrected chi connectivity index (χ3v) is 5.17. The molecule has 2 saturated carbocycles. The first-order valence-corrected chi connectivity index (χ1v) is 6.98. The molecule has 0 saturated heterocycles. The molecule has 4 atom stereocenters. The van der Waals surface area contributed by atoms with Gasteiger partial charge in [-0.15, -0.1) is 0 Å². The van der Waals surface area contributed by atoms with Crippen LogP contribution in [0.15, 0.2) is 18.2 Å². The summed E-state index contributed by atoms with van der Waals surface area (Å²) in [5.41, 5.74) is 10.6. The summed E-state index contributed by atoms with van der Waals surface area (Å²) in [6, 6.07) is 7.02. The van der Waals surface area contributed by atoms with Gasteiger partial charge in [-0.3, -0.25) is 0 Å². The zero-order valence-corrected chi connectivity index (χ0v) is 10.9. The van der Waals surface area contributed by atoms with E-state index in [0.29, 0.717) is 0 Å². The number of fused-ring (bicyclic) bond motifs is 2. The first-order chi connectivity index (χ1) is 8.15.